The monoisotopic (exact) mass is 352 g/mol. The summed E-state index contributed by atoms with van der Waals surface area (Å²) in [6.07, 6.45) is 1.63. The van der Waals surface area contributed by atoms with Gasteiger partial charge < -0.3 is 10.1 Å². The molecule has 2 rings (SSSR count). The zero-order valence-electron chi connectivity index (χ0n) is 12.3. The van der Waals surface area contributed by atoms with E-state index < -0.39 is 5.82 Å². The number of ether oxygens (including phenoxy) is 1. The summed E-state index contributed by atoms with van der Waals surface area (Å²) in [4.78, 5) is 4.20. The second-order valence-corrected chi connectivity index (χ2v) is 6.66. The maximum Gasteiger partial charge on any atom is 0.223 e. The molecule has 21 heavy (non-hydrogen) atoms. The third-order valence-corrected chi connectivity index (χ3v) is 3.25. The van der Waals surface area contributed by atoms with Crippen LogP contribution in [0.4, 0.5) is 4.39 Å². The fourth-order valence-electron chi connectivity index (χ4n) is 1.67. The van der Waals surface area contributed by atoms with Crippen LogP contribution in [0.3, 0.4) is 0 Å². The van der Waals surface area contributed by atoms with E-state index in [1.54, 1.807) is 18.3 Å². The number of pyridine rings is 1. The lowest BCUT2D eigenvalue weighted by Crippen LogP contribution is -2.35. The van der Waals surface area contributed by atoms with E-state index in [-0.39, 0.29) is 11.3 Å². The third kappa shape index (κ3) is 4.79. The number of aromatic nitrogens is 1. The molecule has 1 N–H and O–H groups in total. The first-order chi connectivity index (χ1) is 9.85. The van der Waals surface area contributed by atoms with Crippen LogP contribution in [0.2, 0.25) is 0 Å². The van der Waals surface area contributed by atoms with Crippen molar-refractivity contribution in [2.75, 3.05) is 0 Å². The summed E-state index contributed by atoms with van der Waals surface area (Å²) in [6.45, 7) is 6.84. The van der Waals surface area contributed by atoms with E-state index in [9.17, 15) is 4.39 Å². The molecule has 1 aromatic carbocycles. The minimum absolute atomic E-state index is 0.0197. The van der Waals surface area contributed by atoms with Crippen LogP contribution in [0.25, 0.3) is 0 Å². The van der Waals surface area contributed by atoms with Gasteiger partial charge in [0.25, 0.3) is 0 Å². The van der Waals surface area contributed by atoms with Crippen LogP contribution in [0, 0.1) is 5.82 Å². The van der Waals surface area contributed by atoms with Gasteiger partial charge in [0.05, 0.1) is 0 Å². The van der Waals surface area contributed by atoms with Crippen LogP contribution in [-0.4, -0.2) is 10.5 Å². The van der Waals surface area contributed by atoms with Crippen molar-refractivity contribution >= 4 is 15.9 Å². The van der Waals surface area contributed by atoms with Gasteiger partial charge in [-0.15, -0.1) is 0 Å². The van der Waals surface area contributed by atoms with Crippen molar-refractivity contribution in [1.82, 2.24) is 10.3 Å². The lowest BCUT2D eigenvalue weighted by molar-refractivity contribution is 0.399. The predicted octanol–water partition coefficient (Wildman–Crippen LogP) is 4.66. The van der Waals surface area contributed by atoms with E-state index in [0.29, 0.717) is 12.4 Å². The van der Waals surface area contributed by atoms with Crippen molar-refractivity contribution in [3.63, 3.8) is 0 Å². The Labute approximate surface area is 132 Å². The number of hydrogen-bond acceptors (Lipinski definition) is 3. The molecule has 0 atom stereocenters. The maximum atomic E-state index is 13.8. The number of hydrogen-bond donors (Lipinski definition) is 1. The Morgan fingerprint density at radius 1 is 1.29 bits per heavy atom. The van der Waals surface area contributed by atoms with Gasteiger partial charge in [-0.05, 0) is 45.0 Å². The Bertz CT molecular complexity index is 626. The summed E-state index contributed by atoms with van der Waals surface area (Å²) in [6, 6.07) is 8.32. The molecule has 0 spiro atoms. The molecule has 0 saturated carbocycles. The predicted molar refractivity (Wildman–Crippen MR) is 85.0 cm³/mol. The van der Waals surface area contributed by atoms with E-state index in [2.05, 4.69) is 47.0 Å². The molecule has 0 aliphatic carbocycles. The first-order valence-electron chi connectivity index (χ1n) is 6.67. The topological polar surface area (TPSA) is 34.2 Å². The van der Waals surface area contributed by atoms with E-state index in [0.717, 1.165) is 10.0 Å². The van der Waals surface area contributed by atoms with E-state index in [4.69, 9.17) is 4.74 Å². The molecule has 1 aromatic heterocycles. The number of benzene rings is 1. The van der Waals surface area contributed by atoms with Crippen molar-refractivity contribution in [3.05, 3.63) is 52.4 Å². The standard InChI is InChI=1S/C16H18BrFN2O/c1-16(2,3)20-10-11-5-4-8-19-15(11)21-14-9-12(17)6-7-13(14)18/h4-9,20H,10H2,1-3H3. The minimum Gasteiger partial charge on any atom is -0.436 e. The molecule has 0 amide bonds. The zero-order chi connectivity index (χ0) is 15.5. The van der Waals surface area contributed by atoms with E-state index in [1.165, 1.54) is 6.07 Å². The number of nitrogens with one attached hydrogen (secondary N) is 1. The van der Waals surface area contributed by atoms with Gasteiger partial charge in [-0.25, -0.2) is 9.37 Å². The van der Waals surface area contributed by atoms with Gasteiger partial charge in [-0.1, -0.05) is 22.0 Å². The van der Waals surface area contributed by atoms with Crippen molar-refractivity contribution < 1.29 is 9.13 Å². The lowest BCUT2D eigenvalue weighted by Gasteiger charge is -2.21. The van der Waals surface area contributed by atoms with Gasteiger partial charge in [0.1, 0.15) is 0 Å². The highest BCUT2D eigenvalue weighted by molar-refractivity contribution is 9.10. The Kier molecular flexibility index (Phi) is 4.96. The summed E-state index contributed by atoms with van der Waals surface area (Å²) in [5.74, 6) is 0.143. The molecule has 5 heteroatoms. The highest BCUT2D eigenvalue weighted by Crippen LogP contribution is 2.28. The Balaban J connectivity index is 2.22. The van der Waals surface area contributed by atoms with Crippen LogP contribution in [0.5, 0.6) is 11.6 Å². The summed E-state index contributed by atoms with van der Waals surface area (Å²) in [5, 5.41) is 3.37. The number of halogens is 2. The van der Waals surface area contributed by atoms with Crippen molar-refractivity contribution in [3.8, 4) is 11.6 Å². The highest BCUT2D eigenvalue weighted by atomic mass is 79.9. The van der Waals surface area contributed by atoms with Crippen LogP contribution in [0.15, 0.2) is 41.0 Å². The Morgan fingerprint density at radius 2 is 2.05 bits per heavy atom. The SMILES string of the molecule is CC(C)(C)NCc1cccnc1Oc1cc(Br)ccc1F. The van der Waals surface area contributed by atoms with E-state index >= 15 is 0 Å². The molecular formula is C16H18BrFN2O. The molecule has 2 aromatic rings. The first-order valence-corrected chi connectivity index (χ1v) is 7.46. The molecule has 0 saturated heterocycles. The second-order valence-electron chi connectivity index (χ2n) is 5.75. The maximum absolute atomic E-state index is 13.8. The van der Waals surface area contributed by atoms with Gasteiger partial charge >= 0.3 is 0 Å². The van der Waals surface area contributed by atoms with Gasteiger partial charge in [0, 0.05) is 28.3 Å². The molecule has 3 nitrogen and oxygen atoms in total. The summed E-state index contributed by atoms with van der Waals surface area (Å²) in [5.41, 5.74) is 0.862. The third-order valence-electron chi connectivity index (χ3n) is 2.76. The Morgan fingerprint density at radius 3 is 2.76 bits per heavy atom. The molecule has 0 radical (unpaired) electrons. The smallest absolute Gasteiger partial charge is 0.223 e. The van der Waals surface area contributed by atoms with Crippen LogP contribution in [-0.2, 0) is 6.54 Å². The van der Waals surface area contributed by atoms with Crippen molar-refractivity contribution in [2.45, 2.75) is 32.9 Å². The number of nitrogens with zero attached hydrogens (tertiary/aromatic N) is 1. The molecule has 0 unspecified atom stereocenters. The van der Waals surface area contributed by atoms with Crippen LogP contribution >= 0.6 is 15.9 Å². The fourth-order valence-corrected chi connectivity index (χ4v) is 2.01. The van der Waals surface area contributed by atoms with E-state index in [1.807, 2.05) is 12.1 Å². The highest BCUT2D eigenvalue weighted by Gasteiger charge is 2.13. The van der Waals surface area contributed by atoms with Gasteiger partial charge in [-0.3, -0.25) is 0 Å². The molecule has 0 bridgehead atoms. The largest absolute Gasteiger partial charge is 0.436 e. The average Bonchev–Trinajstić information content (AvgIpc) is 2.41. The van der Waals surface area contributed by atoms with Gasteiger partial charge in [-0.2, -0.15) is 0 Å². The van der Waals surface area contributed by atoms with Crippen molar-refractivity contribution in [1.29, 1.82) is 0 Å². The molecule has 1 heterocycles. The first kappa shape index (κ1) is 15.9. The van der Waals surface area contributed by atoms with Crippen LogP contribution in [0.1, 0.15) is 26.3 Å². The minimum atomic E-state index is -0.418. The van der Waals surface area contributed by atoms with Gasteiger partial charge in [0.2, 0.25) is 5.88 Å². The summed E-state index contributed by atoms with van der Waals surface area (Å²) >= 11 is 3.31. The quantitative estimate of drug-likeness (QED) is 0.868. The average molecular weight is 353 g/mol. The molecule has 0 fully saturated rings. The zero-order valence-corrected chi connectivity index (χ0v) is 13.9. The molecule has 0 aliphatic heterocycles. The Hall–Kier alpha value is -1.46. The van der Waals surface area contributed by atoms with Crippen molar-refractivity contribution in [2.24, 2.45) is 0 Å². The second kappa shape index (κ2) is 6.54. The summed E-state index contributed by atoms with van der Waals surface area (Å²) in [7, 11) is 0. The lowest BCUT2D eigenvalue weighted by atomic mass is 10.1. The fraction of sp³-hybridized carbons (Fsp3) is 0.312. The normalized spacial score (nSPS) is 11.5. The number of rotatable bonds is 4. The molecular weight excluding hydrogens is 335 g/mol. The van der Waals surface area contributed by atoms with Gasteiger partial charge in [0.15, 0.2) is 11.6 Å². The van der Waals surface area contributed by atoms with Crippen LogP contribution < -0.4 is 10.1 Å². The summed E-state index contributed by atoms with van der Waals surface area (Å²) < 4.78 is 20.2. The molecule has 0 aliphatic rings. The molecule has 112 valence electrons.